The molecule has 2 heteroatoms. The lowest BCUT2D eigenvalue weighted by Gasteiger charge is -2.41. The van der Waals surface area contributed by atoms with Crippen LogP contribution in [0.2, 0.25) is 0 Å². The Morgan fingerprint density at radius 3 is 2.62 bits per heavy atom. The Kier molecular flexibility index (Phi) is 5.99. The van der Waals surface area contributed by atoms with E-state index in [9.17, 15) is 0 Å². The molecule has 1 aliphatic heterocycles. The molecule has 1 saturated carbocycles. The number of benzene rings is 1. The van der Waals surface area contributed by atoms with E-state index in [1.165, 1.54) is 50.5 Å². The van der Waals surface area contributed by atoms with Crippen molar-refractivity contribution in [3.8, 4) is 0 Å². The molecule has 0 bridgehead atoms. The highest BCUT2D eigenvalue weighted by molar-refractivity contribution is 5.32. The number of hydrogen-bond donors (Lipinski definition) is 0. The van der Waals surface area contributed by atoms with E-state index in [1.54, 1.807) is 0 Å². The number of rotatable bonds is 9. The molecule has 1 aromatic carbocycles. The molecular formula is C22H34O2. The van der Waals surface area contributed by atoms with Crippen molar-refractivity contribution < 1.29 is 9.47 Å². The lowest BCUT2D eigenvalue weighted by atomic mass is 9.74. The van der Waals surface area contributed by atoms with E-state index in [2.05, 4.69) is 44.2 Å². The summed E-state index contributed by atoms with van der Waals surface area (Å²) in [6, 6.07) is 11.0. The summed E-state index contributed by atoms with van der Waals surface area (Å²) in [6.45, 7) is 5.34. The van der Waals surface area contributed by atoms with Gasteiger partial charge in [0, 0.05) is 6.42 Å². The van der Waals surface area contributed by atoms with Gasteiger partial charge in [-0.3, -0.25) is 0 Å². The summed E-state index contributed by atoms with van der Waals surface area (Å²) in [5.41, 5.74) is 1.49. The highest BCUT2D eigenvalue weighted by Gasteiger charge is 2.61. The first-order valence-corrected chi connectivity index (χ1v) is 10.1. The van der Waals surface area contributed by atoms with Crippen LogP contribution in [-0.2, 0) is 14.9 Å². The highest BCUT2D eigenvalue weighted by atomic mass is 16.7. The minimum absolute atomic E-state index is 0.0741. The SMILES string of the molecule is CCCCCCCC(C)OC12CCCC1(c1ccccc1)CCO2. The van der Waals surface area contributed by atoms with Gasteiger partial charge in [0.15, 0.2) is 5.79 Å². The molecule has 0 amide bonds. The van der Waals surface area contributed by atoms with Crippen molar-refractivity contribution in [2.45, 2.75) is 95.4 Å². The van der Waals surface area contributed by atoms with Gasteiger partial charge in [0.2, 0.25) is 0 Å². The van der Waals surface area contributed by atoms with E-state index in [4.69, 9.17) is 9.47 Å². The average molecular weight is 331 g/mol. The van der Waals surface area contributed by atoms with Crippen molar-refractivity contribution in [1.29, 1.82) is 0 Å². The van der Waals surface area contributed by atoms with Crippen LogP contribution in [0.4, 0.5) is 0 Å². The Bertz CT molecular complexity index is 486. The molecule has 0 radical (unpaired) electrons. The maximum Gasteiger partial charge on any atom is 0.178 e. The van der Waals surface area contributed by atoms with E-state index in [0.29, 0.717) is 0 Å². The summed E-state index contributed by atoms with van der Waals surface area (Å²) in [5, 5.41) is 0. The standard InChI is InChI=1S/C22H34O2/c1-3-4-5-6-8-12-19(2)24-22-16-11-15-21(22,17-18-23-22)20-13-9-7-10-14-20/h7,9-10,13-14,19H,3-6,8,11-12,15-18H2,1-2H3. The van der Waals surface area contributed by atoms with Crippen molar-refractivity contribution in [3.63, 3.8) is 0 Å². The van der Waals surface area contributed by atoms with Gasteiger partial charge in [0.25, 0.3) is 0 Å². The summed E-state index contributed by atoms with van der Waals surface area (Å²) in [6.07, 6.45) is 12.6. The summed E-state index contributed by atoms with van der Waals surface area (Å²) in [7, 11) is 0. The summed E-state index contributed by atoms with van der Waals surface area (Å²) < 4.78 is 13.0. The van der Waals surface area contributed by atoms with Gasteiger partial charge < -0.3 is 9.47 Å². The van der Waals surface area contributed by atoms with Crippen LogP contribution < -0.4 is 0 Å². The second-order valence-electron chi connectivity index (χ2n) is 7.78. The third-order valence-corrected chi connectivity index (χ3v) is 6.13. The average Bonchev–Trinajstić information content (AvgIpc) is 3.11. The van der Waals surface area contributed by atoms with Gasteiger partial charge in [0.05, 0.1) is 18.1 Å². The molecule has 2 nitrogen and oxygen atoms in total. The van der Waals surface area contributed by atoms with Gasteiger partial charge in [-0.05, 0) is 38.2 Å². The van der Waals surface area contributed by atoms with Gasteiger partial charge in [0.1, 0.15) is 0 Å². The van der Waals surface area contributed by atoms with E-state index in [1.807, 2.05) is 0 Å². The Morgan fingerprint density at radius 2 is 1.83 bits per heavy atom. The van der Waals surface area contributed by atoms with Crippen LogP contribution in [0, 0.1) is 0 Å². The van der Waals surface area contributed by atoms with Crippen molar-refractivity contribution in [2.24, 2.45) is 0 Å². The topological polar surface area (TPSA) is 18.5 Å². The minimum Gasteiger partial charge on any atom is -0.349 e. The Morgan fingerprint density at radius 1 is 1.04 bits per heavy atom. The first kappa shape index (κ1) is 17.9. The molecule has 24 heavy (non-hydrogen) atoms. The first-order valence-electron chi connectivity index (χ1n) is 10.1. The molecule has 3 atom stereocenters. The number of hydrogen-bond acceptors (Lipinski definition) is 2. The molecule has 0 spiro atoms. The van der Waals surface area contributed by atoms with Gasteiger partial charge >= 0.3 is 0 Å². The molecule has 1 heterocycles. The van der Waals surface area contributed by atoms with E-state index >= 15 is 0 Å². The zero-order chi connectivity index (χ0) is 16.9. The fraction of sp³-hybridized carbons (Fsp3) is 0.727. The third kappa shape index (κ3) is 3.41. The molecule has 3 unspecified atom stereocenters. The zero-order valence-corrected chi connectivity index (χ0v) is 15.6. The van der Waals surface area contributed by atoms with Crippen LogP contribution in [0.1, 0.15) is 83.6 Å². The van der Waals surface area contributed by atoms with Crippen LogP contribution >= 0.6 is 0 Å². The molecule has 2 aliphatic rings. The summed E-state index contributed by atoms with van der Waals surface area (Å²) in [4.78, 5) is 0. The molecule has 1 saturated heterocycles. The van der Waals surface area contributed by atoms with Crippen molar-refractivity contribution in [2.75, 3.05) is 6.61 Å². The Balaban J connectivity index is 1.64. The Hall–Kier alpha value is -0.860. The largest absolute Gasteiger partial charge is 0.349 e. The van der Waals surface area contributed by atoms with Gasteiger partial charge in [-0.2, -0.15) is 0 Å². The summed E-state index contributed by atoms with van der Waals surface area (Å²) in [5.74, 6) is -0.378. The second-order valence-corrected chi connectivity index (χ2v) is 7.78. The molecule has 2 fully saturated rings. The predicted octanol–water partition coefficient (Wildman–Crippen LogP) is 5.99. The molecule has 0 aromatic heterocycles. The normalized spacial score (nSPS) is 30.4. The van der Waals surface area contributed by atoms with Crippen LogP contribution in [0.15, 0.2) is 30.3 Å². The predicted molar refractivity (Wildman–Crippen MR) is 99.2 cm³/mol. The molecule has 134 valence electrons. The summed E-state index contributed by atoms with van der Waals surface area (Å²) >= 11 is 0. The zero-order valence-electron chi connectivity index (χ0n) is 15.6. The van der Waals surface area contributed by atoms with E-state index < -0.39 is 0 Å². The third-order valence-electron chi connectivity index (χ3n) is 6.13. The lowest BCUT2D eigenvalue weighted by molar-refractivity contribution is -0.250. The lowest BCUT2D eigenvalue weighted by Crippen LogP contribution is -2.48. The van der Waals surface area contributed by atoms with Crippen molar-refractivity contribution >= 4 is 0 Å². The second kappa shape index (κ2) is 8.01. The van der Waals surface area contributed by atoms with Crippen LogP contribution in [0.3, 0.4) is 0 Å². The smallest absolute Gasteiger partial charge is 0.178 e. The number of fused-ring (bicyclic) bond motifs is 1. The van der Waals surface area contributed by atoms with Gasteiger partial charge in [-0.25, -0.2) is 0 Å². The van der Waals surface area contributed by atoms with E-state index in [-0.39, 0.29) is 17.3 Å². The highest BCUT2D eigenvalue weighted by Crippen LogP contribution is 2.57. The fourth-order valence-electron chi connectivity index (χ4n) is 4.86. The Labute approximate surface area is 147 Å². The molecule has 1 aromatic rings. The van der Waals surface area contributed by atoms with Gasteiger partial charge in [-0.1, -0.05) is 69.4 Å². The maximum atomic E-state index is 6.66. The minimum atomic E-state index is -0.378. The van der Waals surface area contributed by atoms with Crippen LogP contribution in [0.5, 0.6) is 0 Å². The number of ether oxygens (including phenoxy) is 2. The molecule has 3 rings (SSSR count). The number of unbranched alkanes of at least 4 members (excludes halogenated alkanes) is 4. The van der Waals surface area contributed by atoms with Crippen molar-refractivity contribution in [1.82, 2.24) is 0 Å². The fourth-order valence-corrected chi connectivity index (χ4v) is 4.86. The first-order chi connectivity index (χ1) is 11.7. The van der Waals surface area contributed by atoms with Crippen LogP contribution in [-0.4, -0.2) is 18.5 Å². The van der Waals surface area contributed by atoms with Crippen molar-refractivity contribution in [3.05, 3.63) is 35.9 Å². The molecular weight excluding hydrogens is 296 g/mol. The molecule has 0 N–H and O–H groups in total. The quantitative estimate of drug-likeness (QED) is 0.518. The monoisotopic (exact) mass is 330 g/mol. The molecule has 1 aliphatic carbocycles. The van der Waals surface area contributed by atoms with Gasteiger partial charge in [-0.15, -0.1) is 0 Å². The maximum absolute atomic E-state index is 6.66. The van der Waals surface area contributed by atoms with E-state index in [0.717, 1.165) is 25.9 Å². The van der Waals surface area contributed by atoms with Crippen LogP contribution in [0.25, 0.3) is 0 Å².